The lowest BCUT2D eigenvalue weighted by Gasteiger charge is -2.28. The molecule has 20 heavy (non-hydrogen) atoms. The fourth-order valence-electron chi connectivity index (χ4n) is 2.33. The van der Waals surface area contributed by atoms with Crippen LogP contribution >= 0.6 is 15.9 Å². The molecular formula is C17H26BrNO. The molecule has 0 aliphatic carbocycles. The van der Waals surface area contributed by atoms with Gasteiger partial charge in [-0.3, -0.25) is 4.79 Å². The molecule has 1 aromatic rings. The summed E-state index contributed by atoms with van der Waals surface area (Å²) in [6, 6.07) is 10.2. The number of amides is 1. The van der Waals surface area contributed by atoms with E-state index in [1.165, 1.54) is 0 Å². The average Bonchev–Trinajstić information content (AvgIpc) is 2.45. The third-order valence-electron chi connectivity index (χ3n) is 3.88. The second-order valence-corrected chi connectivity index (χ2v) is 7.17. The average molecular weight is 340 g/mol. The van der Waals surface area contributed by atoms with Gasteiger partial charge >= 0.3 is 0 Å². The molecule has 0 fully saturated rings. The van der Waals surface area contributed by atoms with Crippen LogP contribution < -0.4 is 0 Å². The van der Waals surface area contributed by atoms with E-state index >= 15 is 0 Å². The zero-order valence-corrected chi connectivity index (χ0v) is 14.6. The number of likely N-dealkylation sites (N-methyl/N-ethyl adjacent to an activating group) is 1. The summed E-state index contributed by atoms with van der Waals surface area (Å²) in [6.07, 6.45) is 1.98. The molecule has 0 aromatic heterocycles. The molecule has 1 amide bonds. The second-order valence-electron chi connectivity index (χ2n) is 5.60. The van der Waals surface area contributed by atoms with Crippen LogP contribution in [0.4, 0.5) is 0 Å². The number of benzene rings is 1. The SMILES string of the molecule is CCC(C)C(C(=O)N(C)CCC(C)Br)c1ccccc1. The van der Waals surface area contributed by atoms with Gasteiger partial charge in [-0.2, -0.15) is 0 Å². The molecule has 2 nitrogen and oxygen atoms in total. The molecule has 0 aliphatic rings. The Balaban J connectivity index is 2.86. The Kier molecular flexibility index (Phi) is 7.28. The van der Waals surface area contributed by atoms with Gasteiger partial charge in [-0.25, -0.2) is 0 Å². The van der Waals surface area contributed by atoms with Crippen molar-refractivity contribution in [2.75, 3.05) is 13.6 Å². The fourth-order valence-corrected chi connectivity index (χ4v) is 2.53. The van der Waals surface area contributed by atoms with Gasteiger partial charge in [-0.15, -0.1) is 0 Å². The lowest BCUT2D eigenvalue weighted by Crippen LogP contribution is -2.35. The Labute approximate surface area is 131 Å². The highest BCUT2D eigenvalue weighted by atomic mass is 79.9. The third-order valence-corrected chi connectivity index (χ3v) is 4.33. The maximum Gasteiger partial charge on any atom is 0.230 e. The number of alkyl halides is 1. The van der Waals surface area contributed by atoms with Crippen molar-refractivity contribution >= 4 is 21.8 Å². The van der Waals surface area contributed by atoms with Crippen molar-refractivity contribution in [2.45, 2.75) is 44.4 Å². The number of carbonyl (C=O) groups is 1. The molecule has 1 aromatic carbocycles. The van der Waals surface area contributed by atoms with Crippen molar-refractivity contribution in [1.82, 2.24) is 4.90 Å². The van der Waals surface area contributed by atoms with Gasteiger partial charge in [0.05, 0.1) is 5.92 Å². The van der Waals surface area contributed by atoms with Gasteiger partial charge in [0.1, 0.15) is 0 Å². The summed E-state index contributed by atoms with van der Waals surface area (Å²) < 4.78 is 0. The summed E-state index contributed by atoms with van der Waals surface area (Å²) in [5, 5.41) is 0. The molecule has 0 saturated carbocycles. The van der Waals surface area contributed by atoms with E-state index in [4.69, 9.17) is 0 Å². The first-order valence-electron chi connectivity index (χ1n) is 7.41. The van der Waals surface area contributed by atoms with Crippen molar-refractivity contribution < 1.29 is 4.79 Å². The van der Waals surface area contributed by atoms with Gasteiger partial charge in [-0.05, 0) is 17.9 Å². The molecular weight excluding hydrogens is 314 g/mol. The Morgan fingerprint density at radius 2 is 1.85 bits per heavy atom. The Hall–Kier alpha value is -0.830. The molecule has 3 atom stereocenters. The minimum absolute atomic E-state index is 0.0307. The number of hydrogen-bond acceptors (Lipinski definition) is 1. The zero-order chi connectivity index (χ0) is 15.1. The maximum atomic E-state index is 12.8. The minimum Gasteiger partial charge on any atom is -0.345 e. The van der Waals surface area contributed by atoms with Crippen molar-refractivity contribution in [2.24, 2.45) is 5.92 Å². The first-order chi connectivity index (χ1) is 9.47. The summed E-state index contributed by atoms with van der Waals surface area (Å²) in [6.45, 7) is 7.22. The highest BCUT2D eigenvalue weighted by Gasteiger charge is 2.28. The predicted octanol–water partition coefficient (Wildman–Crippen LogP) is 4.45. The van der Waals surface area contributed by atoms with E-state index in [0.29, 0.717) is 10.7 Å². The molecule has 0 bridgehead atoms. The molecule has 1 rings (SSSR count). The number of rotatable bonds is 7. The summed E-state index contributed by atoms with van der Waals surface area (Å²) >= 11 is 3.54. The molecule has 112 valence electrons. The fraction of sp³-hybridized carbons (Fsp3) is 0.588. The van der Waals surface area contributed by atoms with Crippen molar-refractivity contribution in [3.05, 3.63) is 35.9 Å². The van der Waals surface area contributed by atoms with Crippen LogP contribution in [0.3, 0.4) is 0 Å². The highest BCUT2D eigenvalue weighted by Crippen LogP contribution is 2.28. The van der Waals surface area contributed by atoms with Crippen LogP contribution in [0.25, 0.3) is 0 Å². The van der Waals surface area contributed by atoms with Gasteiger partial charge in [-0.1, -0.05) is 73.5 Å². The smallest absolute Gasteiger partial charge is 0.230 e. The van der Waals surface area contributed by atoms with Crippen LogP contribution in [0.15, 0.2) is 30.3 Å². The van der Waals surface area contributed by atoms with E-state index in [1.807, 2.05) is 30.1 Å². The molecule has 3 unspecified atom stereocenters. The minimum atomic E-state index is -0.0307. The van der Waals surface area contributed by atoms with Gasteiger partial charge < -0.3 is 4.90 Å². The third kappa shape index (κ3) is 4.93. The predicted molar refractivity (Wildman–Crippen MR) is 89.3 cm³/mol. The first-order valence-corrected chi connectivity index (χ1v) is 8.32. The Morgan fingerprint density at radius 1 is 1.25 bits per heavy atom. The van der Waals surface area contributed by atoms with E-state index < -0.39 is 0 Å². The van der Waals surface area contributed by atoms with Crippen molar-refractivity contribution in [3.8, 4) is 0 Å². The lowest BCUT2D eigenvalue weighted by atomic mass is 9.84. The molecule has 3 heteroatoms. The molecule has 0 N–H and O–H groups in total. The molecule has 0 spiro atoms. The van der Waals surface area contributed by atoms with Crippen LogP contribution in [-0.4, -0.2) is 29.2 Å². The number of halogens is 1. The van der Waals surface area contributed by atoms with Crippen LogP contribution in [0, 0.1) is 5.92 Å². The van der Waals surface area contributed by atoms with Crippen LogP contribution in [-0.2, 0) is 4.79 Å². The number of nitrogens with zero attached hydrogens (tertiary/aromatic N) is 1. The van der Waals surface area contributed by atoms with E-state index in [0.717, 1.165) is 24.9 Å². The van der Waals surface area contributed by atoms with E-state index in [9.17, 15) is 4.79 Å². The van der Waals surface area contributed by atoms with Crippen LogP contribution in [0.2, 0.25) is 0 Å². The summed E-state index contributed by atoms with van der Waals surface area (Å²) in [5.41, 5.74) is 1.13. The van der Waals surface area contributed by atoms with Crippen LogP contribution in [0.5, 0.6) is 0 Å². The largest absolute Gasteiger partial charge is 0.345 e. The van der Waals surface area contributed by atoms with Crippen molar-refractivity contribution in [3.63, 3.8) is 0 Å². The van der Waals surface area contributed by atoms with Gasteiger partial charge in [0.2, 0.25) is 5.91 Å². The Morgan fingerprint density at radius 3 is 2.35 bits per heavy atom. The quantitative estimate of drug-likeness (QED) is 0.672. The topological polar surface area (TPSA) is 20.3 Å². The van der Waals surface area contributed by atoms with E-state index in [2.05, 4.69) is 48.8 Å². The van der Waals surface area contributed by atoms with Gasteiger partial charge in [0.25, 0.3) is 0 Å². The van der Waals surface area contributed by atoms with E-state index in [1.54, 1.807) is 0 Å². The normalized spacial score (nSPS) is 15.4. The standard InChI is InChI=1S/C17H26BrNO/c1-5-13(2)16(15-9-7-6-8-10-15)17(20)19(4)12-11-14(3)18/h6-10,13-14,16H,5,11-12H2,1-4H3. The van der Waals surface area contributed by atoms with E-state index in [-0.39, 0.29) is 11.8 Å². The first kappa shape index (κ1) is 17.2. The lowest BCUT2D eigenvalue weighted by molar-refractivity contribution is -0.132. The molecule has 0 heterocycles. The monoisotopic (exact) mass is 339 g/mol. The molecule has 0 aliphatic heterocycles. The summed E-state index contributed by atoms with van der Waals surface area (Å²) in [5.74, 6) is 0.560. The number of carbonyl (C=O) groups excluding carboxylic acids is 1. The highest BCUT2D eigenvalue weighted by molar-refractivity contribution is 9.09. The van der Waals surface area contributed by atoms with Crippen LogP contribution in [0.1, 0.15) is 45.1 Å². The van der Waals surface area contributed by atoms with Gasteiger partial charge in [0.15, 0.2) is 0 Å². The second kappa shape index (κ2) is 8.46. The number of hydrogen-bond donors (Lipinski definition) is 0. The summed E-state index contributed by atoms with van der Waals surface area (Å²) in [4.78, 5) is 15.1. The van der Waals surface area contributed by atoms with Crippen molar-refractivity contribution in [1.29, 1.82) is 0 Å². The zero-order valence-electron chi connectivity index (χ0n) is 13.0. The Bertz CT molecular complexity index is 405. The van der Waals surface area contributed by atoms with Gasteiger partial charge in [0, 0.05) is 18.4 Å². The molecule has 0 radical (unpaired) electrons. The molecule has 0 saturated heterocycles. The maximum absolute atomic E-state index is 12.8. The summed E-state index contributed by atoms with van der Waals surface area (Å²) in [7, 11) is 1.91.